The molecule has 0 aliphatic rings. The third-order valence-electron chi connectivity index (χ3n) is 4.51. The Bertz CT molecular complexity index is 729. The average Bonchev–Trinajstić information content (AvgIpc) is 3.06. The van der Waals surface area contributed by atoms with Gasteiger partial charge in [-0.25, -0.2) is 4.98 Å². The largest absolute Gasteiger partial charge is 0.351 e. The lowest BCUT2D eigenvalue weighted by molar-refractivity contribution is -0.121. The molecule has 0 saturated heterocycles. The van der Waals surface area contributed by atoms with Gasteiger partial charge in [-0.15, -0.1) is 0 Å². The number of hydrogen-bond donors (Lipinski definition) is 2. The van der Waals surface area contributed by atoms with Crippen molar-refractivity contribution < 1.29 is 4.79 Å². The van der Waals surface area contributed by atoms with Crippen LogP contribution in [0.2, 0.25) is 0 Å². The molecule has 6 nitrogen and oxygen atoms in total. The number of nitriles is 1. The molecule has 0 unspecified atom stereocenters. The summed E-state index contributed by atoms with van der Waals surface area (Å²) in [4.78, 5) is 16.5. The number of imidazole rings is 1. The van der Waals surface area contributed by atoms with Crippen LogP contribution in [-0.2, 0) is 17.8 Å². The number of rotatable bonds is 8. The zero-order valence-corrected chi connectivity index (χ0v) is 14.8. The predicted molar refractivity (Wildman–Crippen MR) is 96.6 cm³/mol. The van der Waals surface area contributed by atoms with Gasteiger partial charge in [0.05, 0.1) is 24.4 Å². The maximum Gasteiger partial charge on any atom is 0.226 e. The molecule has 1 amide bonds. The van der Waals surface area contributed by atoms with Gasteiger partial charge >= 0.3 is 0 Å². The smallest absolute Gasteiger partial charge is 0.226 e. The predicted octanol–water partition coefficient (Wildman–Crippen LogP) is 1.84. The fraction of sp³-hybridized carbons (Fsp3) is 0.421. The van der Waals surface area contributed by atoms with Crippen LogP contribution in [-0.4, -0.2) is 28.0 Å². The van der Waals surface area contributed by atoms with Crippen LogP contribution in [0.5, 0.6) is 0 Å². The molecule has 1 heterocycles. The van der Waals surface area contributed by atoms with Crippen LogP contribution >= 0.6 is 0 Å². The molecule has 3 N–H and O–H groups in total. The summed E-state index contributed by atoms with van der Waals surface area (Å²) in [6.07, 6.45) is 4.67. The lowest BCUT2D eigenvalue weighted by atomic mass is 9.99. The fourth-order valence-corrected chi connectivity index (χ4v) is 2.66. The molecule has 6 heteroatoms. The monoisotopic (exact) mass is 339 g/mol. The topological polar surface area (TPSA) is 96.7 Å². The normalized spacial score (nSPS) is 13.0. The third-order valence-corrected chi connectivity index (χ3v) is 4.51. The van der Waals surface area contributed by atoms with Crippen molar-refractivity contribution >= 4 is 5.91 Å². The molecule has 132 valence electrons. The second-order valence-electron chi connectivity index (χ2n) is 6.29. The molecule has 0 spiro atoms. The molecule has 1 aromatic carbocycles. The van der Waals surface area contributed by atoms with Gasteiger partial charge < -0.3 is 15.6 Å². The van der Waals surface area contributed by atoms with Gasteiger partial charge in [0.25, 0.3) is 0 Å². The number of nitrogens with one attached hydrogen (secondary N) is 1. The van der Waals surface area contributed by atoms with Crippen molar-refractivity contribution in [1.82, 2.24) is 14.9 Å². The number of benzene rings is 1. The SMILES string of the molecule is CC[C@H](C)[C@@H](CN)NC(=O)Cc1cncn1Cc1ccc(C#N)cc1. The van der Waals surface area contributed by atoms with Gasteiger partial charge in [0.1, 0.15) is 0 Å². The minimum absolute atomic E-state index is 0.00704. The number of amides is 1. The summed E-state index contributed by atoms with van der Waals surface area (Å²) in [6.45, 7) is 5.23. The highest BCUT2D eigenvalue weighted by Crippen LogP contribution is 2.10. The Morgan fingerprint density at radius 1 is 1.40 bits per heavy atom. The van der Waals surface area contributed by atoms with E-state index in [0.717, 1.165) is 17.7 Å². The van der Waals surface area contributed by atoms with Gasteiger partial charge in [-0.2, -0.15) is 5.26 Å². The number of carbonyl (C=O) groups excluding carboxylic acids is 1. The number of nitrogens with two attached hydrogens (primary N) is 1. The molecule has 0 radical (unpaired) electrons. The quantitative estimate of drug-likeness (QED) is 0.767. The maximum atomic E-state index is 12.3. The highest BCUT2D eigenvalue weighted by atomic mass is 16.1. The number of aromatic nitrogens is 2. The molecule has 0 bridgehead atoms. The molecular formula is C19H25N5O. The number of hydrogen-bond acceptors (Lipinski definition) is 4. The van der Waals surface area contributed by atoms with Crippen molar-refractivity contribution in [2.45, 2.75) is 39.3 Å². The van der Waals surface area contributed by atoms with E-state index in [1.165, 1.54) is 0 Å². The van der Waals surface area contributed by atoms with E-state index in [4.69, 9.17) is 11.0 Å². The summed E-state index contributed by atoms with van der Waals surface area (Å²) in [5, 5.41) is 11.9. The van der Waals surface area contributed by atoms with Crippen LogP contribution in [0.3, 0.4) is 0 Å². The fourth-order valence-electron chi connectivity index (χ4n) is 2.66. The summed E-state index contributed by atoms with van der Waals surface area (Å²) in [5.41, 5.74) is 8.31. The first-order valence-electron chi connectivity index (χ1n) is 8.54. The van der Waals surface area contributed by atoms with E-state index < -0.39 is 0 Å². The summed E-state index contributed by atoms with van der Waals surface area (Å²) in [6, 6.07) is 9.50. The average molecular weight is 339 g/mol. The van der Waals surface area contributed by atoms with E-state index in [0.29, 0.717) is 24.6 Å². The van der Waals surface area contributed by atoms with Crippen molar-refractivity contribution in [3.05, 3.63) is 53.6 Å². The third kappa shape index (κ3) is 5.16. The molecule has 25 heavy (non-hydrogen) atoms. The van der Waals surface area contributed by atoms with E-state index in [1.807, 2.05) is 16.7 Å². The van der Waals surface area contributed by atoms with E-state index >= 15 is 0 Å². The number of nitrogens with zero attached hydrogens (tertiary/aromatic N) is 3. The van der Waals surface area contributed by atoms with Crippen molar-refractivity contribution in [3.63, 3.8) is 0 Å². The van der Waals surface area contributed by atoms with Crippen LogP contribution in [0, 0.1) is 17.2 Å². The second kappa shape index (κ2) is 9.00. The first-order valence-corrected chi connectivity index (χ1v) is 8.54. The minimum Gasteiger partial charge on any atom is -0.351 e. The van der Waals surface area contributed by atoms with Crippen LogP contribution in [0.25, 0.3) is 0 Å². The van der Waals surface area contributed by atoms with Gasteiger partial charge in [-0.3, -0.25) is 4.79 Å². The van der Waals surface area contributed by atoms with E-state index in [9.17, 15) is 4.79 Å². The Labute approximate surface area is 148 Å². The Morgan fingerprint density at radius 3 is 2.72 bits per heavy atom. The first kappa shape index (κ1) is 18.7. The molecule has 1 aromatic heterocycles. The Hall–Kier alpha value is -2.65. The summed E-state index contributed by atoms with van der Waals surface area (Å²) in [5.74, 6) is 0.301. The number of carbonyl (C=O) groups is 1. The van der Waals surface area contributed by atoms with E-state index in [-0.39, 0.29) is 18.4 Å². The van der Waals surface area contributed by atoms with Crippen molar-refractivity contribution in [2.24, 2.45) is 11.7 Å². The maximum absolute atomic E-state index is 12.3. The Balaban J connectivity index is 2.00. The first-order chi connectivity index (χ1) is 12.1. The van der Waals surface area contributed by atoms with Gasteiger partial charge in [0.2, 0.25) is 5.91 Å². The second-order valence-corrected chi connectivity index (χ2v) is 6.29. The summed E-state index contributed by atoms with van der Waals surface area (Å²) >= 11 is 0. The lowest BCUT2D eigenvalue weighted by Gasteiger charge is -2.22. The molecule has 0 aliphatic carbocycles. The molecule has 0 aliphatic heterocycles. The molecule has 2 aromatic rings. The molecule has 2 rings (SSSR count). The zero-order chi connectivity index (χ0) is 18.2. The van der Waals surface area contributed by atoms with Crippen LogP contribution in [0.4, 0.5) is 0 Å². The Morgan fingerprint density at radius 2 is 2.12 bits per heavy atom. The van der Waals surface area contributed by atoms with Crippen LogP contribution in [0.1, 0.15) is 37.1 Å². The van der Waals surface area contributed by atoms with Crippen molar-refractivity contribution in [3.8, 4) is 6.07 Å². The highest BCUT2D eigenvalue weighted by Gasteiger charge is 2.17. The molecular weight excluding hydrogens is 314 g/mol. The van der Waals surface area contributed by atoms with Crippen LogP contribution < -0.4 is 11.1 Å². The van der Waals surface area contributed by atoms with E-state index in [2.05, 4.69) is 30.2 Å². The van der Waals surface area contributed by atoms with Crippen molar-refractivity contribution in [1.29, 1.82) is 5.26 Å². The summed E-state index contributed by atoms with van der Waals surface area (Å²) < 4.78 is 1.95. The van der Waals surface area contributed by atoms with Gasteiger partial charge in [-0.05, 0) is 23.6 Å². The van der Waals surface area contributed by atoms with Crippen LogP contribution in [0.15, 0.2) is 36.8 Å². The molecule has 0 fully saturated rings. The van der Waals surface area contributed by atoms with Gasteiger partial charge in [0, 0.05) is 31.0 Å². The zero-order valence-electron chi connectivity index (χ0n) is 14.8. The Kier molecular flexibility index (Phi) is 6.72. The van der Waals surface area contributed by atoms with E-state index in [1.54, 1.807) is 24.7 Å². The minimum atomic E-state index is -0.0441. The van der Waals surface area contributed by atoms with Gasteiger partial charge in [-0.1, -0.05) is 32.4 Å². The highest BCUT2D eigenvalue weighted by molar-refractivity contribution is 5.78. The molecule has 2 atom stereocenters. The van der Waals surface area contributed by atoms with Crippen molar-refractivity contribution in [2.75, 3.05) is 6.54 Å². The molecule has 0 saturated carbocycles. The standard InChI is InChI=1S/C19H25N5O/c1-3-14(2)18(10-21)23-19(25)8-17-11-22-13-24(17)12-16-6-4-15(9-20)5-7-16/h4-7,11,13-14,18H,3,8,10,12,21H2,1-2H3,(H,23,25)/t14-,18+/m0/s1. The lowest BCUT2D eigenvalue weighted by Crippen LogP contribution is -2.45. The van der Waals surface area contributed by atoms with Gasteiger partial charge in [0.15, 0.2) is 0 Å². The summed E-state index contributed by atoms with van der Waals surface area (Å²) in [7, 11) is 0.